The summed E-state index contributed by atoms with van der Waals surface area (Å²) in [6.45, 7) is 0. The highest BCUT2D eigenvalue weighted by Gasteiger charge is 2.22. The Morgan fingerprint density at radius 1 is 1.26 bits per heavy atom. The smallest absolute Gasteiger partial charge is 0.0988 e. The number of aromatic nitrogens is 2. The van der Waals surface area contributed by atoms with Crippen LogP contribution in [0.1, 0.15) is 50.3 Å². The lowest BCUT2D eigenvalue weighted by Crippen LogP contribution is -2.11. The Morgan fingerprint density at radius 2 is 2.00 bits per heavy atom. The van der Waals surface area contributed by atoms with E-state index in [0.29, 0.717) is 5.92 Å². The molecule has 0 saturated heterocycles. The molecule has 3 nitrogen and oxygen atoms in total. The van der Waals surface area contributed by atoms with Crippen molar-refractivity contribution in [3.8, 4) is 0 Å². The van der Waals surface area contributed by atoms with Crippen LogP contribution in [0.2, 0.25) is 0 Å². The number of aryl methyl sites for hydroxylation is 1. The largest absolute Gasteiger partial charge is 0.387 e. The minimum Gasteiger partial charge on any atom is -0.387 e. The second-order valence-electron chi connectivity index (χ2n) is 5.78. The van der Waals surface area contributed by atoms with Crippen LogP contribution >= 0.6 is 0 Å². The zero-order valence-corrected chi connectivity index (χ0v) is 11.5. The monoisotopic (exact) mass is 258 g/mol. The second-order valence-corrected chi connectivity index (χ2v) is 5.78. The van der Waals surface area contributed by atoms with Crippen LogP contribution < -0.4 is 0 Å². The van der Waals surface area contributed by atoms with E-state index in [1.54, 1.807) is 0 Å². The van der Waals surface area contributed by atoms with E-state index in [4.69, 9.17) is 0 Å². The predicted octanol–water partition coefficient (Wildman–Crippen LogP) is 3.58. The summed E-state index contributed by atoms with van der Waals surface area (Å²) in [4.78, 5) is 0. The first kappa shape index (κ1) is 12.7. The van der Waals surface area contributed by atoms with E-state index >= 15 is 0 Å². The summed E-state index contributed by atoms with van der Waals surface area (Å²) in [5.41, 5.74) is 1.95. The quantitative estimate of drug-likeness (QED) is 0.913. The van der Waals surface area contributed by atoms with Gasteiger partial charge in [-0.05, 0) is 18.4 Å². The van der Waals surface area contributed by atoms with Crippen LogP contribution in [0.3, 0.4) is 0 Å². The lowest BCUT2D eigenvalue weighted by Gasteiger charge is -2.23. The minimum absolute atomic E-state index is 0.422. The van der Waals surface area contributed by atoms with Gasteiger partial charge in [0.15, 0.2) is 0 Å². The van der Waals surface area contributed by atoms with Crippen molar-refractivity contribution in [3.63, 3.8) is 0 Å². The van der Waals surface area contributed by atoms with Crippen molar-refractivity contribution in [2.24, 2.45) is 13.0 Å². The van der Waals surface area contributed by atoms with Gasteiger partial charge >= 0.3 is 0 Å². The first-order chi connectivity index (χ1) is 9.25. The van der Waals surface area contributed by atoms with Crippen molar-refractivity contribution in [1.29, 1.82) is 0 Å². The molecule has 1 aromatic carbocycles. The predicted molar refractivity (Wildman–Crippen MR) is 76.9 cm³/mol. The maximum absolute atomic E-state index is 10.5. The first-order valence-corrected chi connectivity index (χ1v) is 7.35. The Labute approximate surface area is 114 Å². The van der Waals surface area contributed by atoms with Gasteiger partial charge in [-0.3, -0.25) is 4.68 Å². The molecule has 19 heavy (non-hydrogen) atoms. The molecule has 0 spiro atoms. The highest BCUT2D eigenvalue weighted by Crippen LogP contribution is 2.33. The van der Waals surface area contributed by atoms with Crippen molar-refractivity contribution in [2.75, 3.05) is 0 Å². The van der Waals surface area contributed by atoms with Gasteiger partial charge in [-0.15, -0.1) is 0 Å². The van der Waals surface area contributed by atoms with Gasteiger partial charge in [0.05, 0.1) is 17.3 Å². The molecule has 0 radical (unpaired) electrons. The van der Waals surface area contributed by atoms with Gasteiger partial charge in [0.2, 0.25) is 0 Å². The number of benzene rings is 1. The molecule has 1 fully saturated rings. The van der Waals surface area contributed by atoms with Crippen molar-refractivity contribution >= 4 is 10.9 Å². The molecule has 3 heteroatoms. The molecule has 1 unspecified atom stereocenters. The maximum atomic E-state index is 10.5. The molecule has 1 atom stereocenters. The fraction of sp³-hybridized carbons (Fsp3) is 0.562. The van der Waals surface area contributed by atoms with Crippen molar-refractivity contribution in [3.05, 3.63) is 30.0 Å². The van der Waals surface area contributed by atoms with Crippen molar-refractivity contribution < 1.29 is 5.11 Å². The summed E-state index contributed by atoms with van der Waals surface area (Å²) in [6, 6.07) is 8.14. The summed E-state index contributed by atoms with van der Waals surface area (Å²) < 4.78 is 1.87. The number of hydrogen-bond acceptors (Lipinski definition) is 2. The lowest BCUT2D eigenvalue weighted by atomic mass is 9.84. The van der Waals surface area contributed by atoms with Crippen molar-refractivity contribution in [2.45, 2.75) is 44.6 Å². The van der Waals surface area contributed by atoms with Gasteiger partial charge < -0.3 is 5.11 Å². The molecule has 0 bridgehead atoms. The van der Waals surface area contributed by atoms with Crippen LogP contribution in [0.5, 0.6) is 0 Å². The van der Waals surface area contributed by atoms with E-state index < -0.39 is 6.10 Å². The fourth-order valence-electron chi connectivity index (χ4n) is 3.34. The molecule has 3 rings (SSSR count). The highest BCUT2D eigenvalue weighted by molar-refractivity contribution is 5.82. The molecule has 0 aliphatic heterocycles. The third kappa shape index (κ3) is 2.52. The average Bonchev–Trinajstić information content (AvgIpc) is 2.78. The Kier molecular flexibility index (Phi) is 3.56. The van der Waals surface area contributed by atoms with Crippen LogP contribution in [0.4, 0.5) is 0 Å². The number of fused-ring (bicyclic) bond motifs is 1. The molecule has 1 aliphatic rings. The summed E-state index contributed by atoms with van der Waals surface area (Å²) >= 11 is 0. The number of hydrogen-bond donors (Lipinski definition) is 1. The Balaban J connectivity index is 1.82. The van der Waals surface area contributed by atoms with Crippen LogP contribution in [0.15, 0.2) is 24.3 Å². The molecule has 0 amide bonds. The first-order valence-electron chi connectivity index (χ1n) is 7.35. The molecule has 1 N–H and O–H groups in total. The molecule has 1 saturated carbocycles. The summed E-state index contributed by atoms with van der Waals surface area (Å²) in [5, 5.41) is 16.1. The van der Waals surface area contributed by atoms with E-state index in [1.807, 2.05) is 23.9 Å². The number of aliphatic hydroxyl groups excluding tert-OH is 1. The third-order valence-corrected chi connectivity index (χ3v) is 4.38. The van der Waals surface area contributed by atoms with Gasteiger partial charge in [-0.1, -0.05) is 50.3 Å². The van der Waals surface area contributed by atoms with Gasteiger partial charge in [-0.2, -0.15) is 5.10 Å². The normalized spacial score (nSPS) is 18.8. The molecular formula is C16H22N2O. The molecular weight excluding hydrogens is 236 g/mol. The zero-order chi connectivity index (χ0) is 13.2. The Bertz CT molecular complexity index is 555. The SMILES string of the molecule is Cn1nc(C(O)CC2CCCCC2)c2ccccc21. The summed E-state index contributed by atoms with van der Waals surface area (Å²) in [6.07, 6.45) is 6.97. The van der Waals surface area contributed by atoms with Crippen LogP contribution in [-0.4, -0.2) is 14.9 Å². The maximum Gasteiger partial charge on any atom is 0.0988 e. The number of rotatable bonds is 3. The van der Waals surface area contributed by atoms with Crippen LogP contribution in [0, 0.1) is 5.92 Å². The zero-order valence-electron chi connectivity index (χ0n) is 11.5. The summed E-state index contributed by atoms with van der Waals surface area (Å²) in [7, 11) is 1.94. The topological polar surface area (TPSA) is 38.0 Å². The van der Waals surface area contributed by atoms with Crippen LogP contribution in [-0.2, 0) is 7.05 Å². The standard InChI is InChI=1S/C16H22N2O/c1-18-14-10-6-5-9-13(14)16(17-18)15(19)11-12-7-3-2-4-8-12/h5-6,9-10,12,15,19H,2-4,7-8,11H2,1H3. The van der Waals surface area contributed by atoms with E-state index in [2.05, 4.69) is 17.2 Å². The van der Waals surface area contributed by atoms with E-state index in [-0.39, 0.29) is 0 Å². The highest BCUT2D eigenvalue weighted by atomic mass is 16.3. The van der Waals surface area contributed by atoms with Gasteiger partial charge in [0.1, 0.15) is 0 Å². The molecule has 2 aromatic rings. The lowest BCUT2D eigenvalue weighted by molar-refractivity contribution is 0.128. The second kappa shape index (κ2) is 5.33. The molecule has 1 heterocycles. The molecule has 102 valence electrons. The van der Waals surface area contributed by atoms with Crippen LogP contribution in [0.25, 0.3) is 10.9 Å². The summed E-state index contributed by atoms with van der Waals surface area (Å²) in [5.74, 6) is 0.671. The molecule has 1 aliphatic carbocycles. The van der Waals surface area contributed by atoms with E-state index in [0.717, 1.165) is 23.0 Å². The third-order valence-electron chi connectivity index (χ3n) is 4.38. The fourth-order valence-corrected chi connectivity index (χ4v) is 3.34. The molecule has 1 aromatic heterocycles. The number of nitrogens with zero attached hydrogens (tertiary/aromatic N) is 2. The Morgan fingerprint density at radius 3 is 2.79 bits per heavy atom. The number of aliphatic hydroxyl groups is 1. The van der Waals surface area contributed by atoms with E-state index in [9.17, 15) is 5.11 Å². The average molecular weight is 258 g/mol. The van der Waals surface area contributed by atoms with Gasteiger partial charge in [-0.25, -0.2) is 0 Å². The minimum atomic E-state index is -0.422. The van der Waals surface area contributed by atoms with E-state index in [1.165, 1.54) is 32.1 Å². The van der Waals surface area contributed by atoms with Crippen molar-refractivity contribution in [1.82, 2.24) is 9.78 Å². The van der Waals surface area contributed by atoms with Gasteiger partial charge in [0.25, 0.3) is 0 Å². The van der Waals surface area contributed by atoms with Gasteiger partial charge in [0, 0.05) is 12.4 Å². The number of para-hydroxylation sites is 1. The Hall–Kier alpha value is -1.35.